The van der Waals surface area contributed by atoms with Gasteiger partial charge < -0.3 is 14.4 Å². The lowest BCUT2D eigenvalue weighted by Crippen LogP contribution is -2.32. The fourth-order valence-electron chi connectivity index (χ4n) is 2.38. The summed E-state index contributed by atoms with van der Waals surface area (Å²) in [6.07, 6.45) is 0. The van der Waals surface area contributed by atoms with E-state index < -0.39 is 5.82 Å². The van der Waals surface area contributed by atoms with Gasteiger partial charge in [0, 0.05) is 18.5 Å². The number of carbonyl (C=O) groups excluding carboxylic acids is 1. The van der Waals surface area contributed by atoms with Gasteiger partial charge in [-0.2, -0.15) is 0 Å². The van der Waals surface area contributed by atoms with E-state index in [1.165, 1.54) is 24.9 Å². The molecule has 2 aromatic carbocycles. The van der Waals surface area contributed by atoms with Crippen LogP contribution >= 0.6 is 11.8 Å². The van der Waals surface area contributed by atoms with Crippen LogP contribution in [0.25, 0.3) is 0 Å². The second-order valence-electron chi connectivity index (χ2n) is 5.60. The van der Waals surface area contributed by atoms with Crippen molar-refractivity contribution < 1.29 is 18.7 Å². The van der Waals surface area contributed by atoms with E-state index in [0.29, 0.717) is 6.54 Å². The van der Waals surface area contributed by atoms with Crippen LogP contribution in [0.5, 0.6) is 11.5 Å². The molecule has 25 heavy (non-hydrogen) atoms. The van der Waals surface area contributed by atoms with Crippen molar-refractivity contribution in [3.63, 3.8) is 0 Å². The quantitative estimate of drug-likeness (QED) is 0.698. The number of hydrogen-bond donors (Lipinski definition) is 0. The van der Waals surface area contributed by atoms with Crippen LogP contribution in [0.2, 0.25) is 0 Å². The van der Waals surface area contributed by atoms with Crippen LogP contribution in [0.15, 0.2) is 47.4 Å². The molecule has 0 aliphatic rings. The Morgan fingerprint density at radius 1 is 1.16 bits per heavy atom. The van der Waals surface area contributed by atoms with Crippen molar-refractivity contribution in [2.24, 2.45) is 0 Å². The standard InChI is InChI=1S/C19H22FNO3S/c1-13(25-16-8-6-15(23-3)7-9-16)19(22)21(2)12-14-5-10-18(24-4)17(20)11-14/h5-11,13H,12H2,1-4H3. The van der Waals surface area contributed by atoms with Gasteiger partial charge in [-0.1, -0.05) is 6.07 Å². The molecule has 6 heteroatoms. The molecule has 0 heterocycles. The SMILES string of the molecule is COc1ccc(SC(C)C(=O)N(C)Cc2ccc(OC)c(F)c2)cc1. The van der Waals surface area contributed by atoms with E-state index in [1.54, 1.807) is 31.2 Å². The number of halogens is 1. The van der Waals surface area contributed by atoms with Gasteiger partial charge in [0.1, 0.15) is 5.75 Å². The fourth-order valence-corrected chi connectivity index (χ4v) is 3.36. The average Bonchev–Trinajstić information content (AvgIpc) is 2.61. The van der Waals surface area contributed by atoms with Crippen molar-refractivity contribution in [1.82, 2.24) is 4.90 Å². The predicted molar refractivity (Wildman–Crippen MR) is 97.7 cm³/mol. The highest BCUT2D eigenvalue weighted by molar-refractivity contribution is 8.00. The fraction of sp³-hybridized carbons (Fsp3) is 0.316. The largest absolute Gasteiger partial charge is 0.497 e. The molecule has 2 rings (SSSR count). The number of ether oxygens (including phenoxy) is 2. The second-order valence-corrected chi connectivity index (χ2v) is 7.01. The maximum atomic E-state index is 13.8. The zero-order valence-electron chi connectivity index (χ0n) is 14.8. The highest BCUT2D eigenvalue weighted by atomic mass is 32.2. The number of carbonyl (C=O) groups is 1. The van der Waals surface area contributed by atoms with Gasteiger partial charge in [-0.25, -0.2) is 4.39 Å². The van der Waals surface area contributed by atoms with Crippen LogP contribution in [0, 0.1) is 5.82 Å². The second kappa shape index (κ2) is 8.76. The zero-order chi connectivity index (χ0) is 18.4. The number of rotatable bonds is 7. The van der Waals surface area contributed by atoms with E-state index in [-0.39, 0.29) is 16.9 Å². The van der Waals surface area contributed by atoms with Crippen LogP contribution in [0.3, 0.4) is 0 Å². The average molecular weight is 363 g/mol. The number of methoxy groups -OCH3 is 2. The van der Waals surface area contributed by atoms with Crippen LogP contribution < -0.4 is 9.47 Å². The third kappa shape index (κ3) is 5.13. The Bertz CT molecular complexity index is 721. The van der Waals surface area contributed by atoms with Gasteiger partial charge in [0.15, 0.2) is 11.6 Å². The summed E-state index contributed by atoms with van der Waals surface area (Å²) in [7, 11) is 4.76. The molecule has 4 nitrogen and oxygen atoms in total. The van der Waals surface area contributed by atoms with E-state index in [9.17, 15) is 9.18 Å². The van der Waals surface area contributed by atoms with Crippen LogP contribution in [0.4, 0.5) is 4.39 Å². The van der Waals surface area contributed by atoms with Crippen LogP contribution in [-0.2, 0) is 11.3 Å². The summed E-state index contributed by atoms with van der Waals surface area (Å²) in [4.78, 5) is 15.1. The lowest BCUT2D eigenvalue weighted by molar-refractivity contribution is -0.129. The molecule has 0 aromatic heterocycles. The molecule has 0 saturated carbocycles. The molecule has 0 radical (unpaired) electrons. The molecule has 0 saturated heterocycles. The van der Waals surface area contributed by atoms with Gasteiger partial charge in [0.05, 0.1) is 19.5 Å². The Hall–Kier alpha value is -2.21. The van der Waals surface area contributed by atoms with Crippen molar-refractivity contribution in [1.29, 1.82) is 0 Å². The van der Waals surface area contributed by atoms with E-state index in [2.05, 4.69) is 0 Å². The molecular weight excluding hydrogens is 341 g/mol. The molecule has 0 aliphatic carbocycles. The van der Waals surface area contributed by atoms with Gasteiger partial charge in [0.2, 0.25) is 5.91 Å². The number of amides is 1. The summed E-state index contributed by atoms with van der Waals surface area (Å²) in [5.41, 5.74) is 0.718. The van der Waals surface area contributed by atoms with Crippen molar-refractivity contribution in [2.45, 2.75) is 23.6 Å². The molecule has 0 spiro atoms. The molecule has 0 aliphatic heterocycles. The van der Waals surface area contributed by atoms with Crippen molar-refractivity contribution in [3.8, 4) is 11.5 Å². The first kappa shape index (κ1) is 19.1. The Morgan fingerprint density at radius 2 is 1.84 bits per heavy atom. The van der Waals surface area contributed by atoms with E-state index >= 15 is 0 Å². The highest BCUT2D eigenvalue weighted by Gasteiger charge is 2.19. The molecule has 134 valence electrons. The minimum atomic E-state index is -0.429. The molecule has 0 fully saturated rings. The number of nitrogens with zero attached hydrogens (tertiary/aromatic N) is 1. The maximum Gasteiger partial charge on any atom is 0.235 e. The Morgan fingerprint density at radius 3 is 2.40 bits per heavy atom. The minimum Gasteiger partial charge on any atom is -0.497 e. The summed E-state index contributed by atoms with van der Waals surface area (Å²) in [6.45, 7) is 2.20. The number of benzene rings is 2. The highest BCUT2D eigenvalue weighted by Crippen LogP contribution is 2.27. The van der Waals surface area contributed by atoms with Crippen LogP contribution in [0.1, 0.15) is 12.5 Å². The first-order valence-electron chi connectivity index (χ1n) is 7.82. The number of hydrogen-bond acceptors (Lipinski definition) is 4. The minimum absolute atomic E-state index is 0.0166. The molecule has 1 amide bonds. The topological polar surface area (TPSA) is 38.8 Å². The monoisotopic (exact) mass is 363 g/mol. The van der Waals surface area contributed by atoms with Crippen molar-refractivity contribution >= 4 is 17.7 Å². The molecule has 2 aromatic rings. The molecule has 1 atom stereocenters. The van der Waals surface area contributed by atoms with Crippen molar-refractivity contribution in [3.05, 3.63) is 53.8 Å². The lowest BCUT2D eigenvalue weighted by atomic mass is 10.2. The molecule has 0 bridgehead atoms. The maximum absolute atomic E-state index is 13.8. The van der Waals surface area contributed by atoms with E-state index in [1.807, 2.05) is 31.2 Å². The summed E-state index contributed by atoms with van der Waals surface area (Å²) in [5, 5.41) is -0.249. The summed E-state index contributed by atoms with van der Waals surface area (Å²) >= 11 is 1.48. The Balaban J connectivity index is 1.96. The normalized spacial score (nSPS) is 11.7. The van der Waals surface area contributed by atoms with Gasteiger partial charge in [0.25, 0.3) is 0 Å². The predicted octanol–water partition coefficient (Wildman–Crippen LogP) is 3.98. The van der Waals surface area contributed by atoms with Crippen molar-refractivity contribution in [2.75, 3.05) is 21.3 Å². The van der Waals surface area contributed by atoms with E-state index in [0.717, 1.165) is 16.2 Å². The van der Waals surface area contributed by atoms with Gasteiger partial charge in [-0.15, -0.1) is 11.8 Å². The third-order valence-corrected chi connectivity index (χ3v) is 4.83. The summed E-state index contributed by atoms with van der Waals surface area (Å²) < 4.78 is 23.8. The smallest absolute Gasteiger partial charge is 0.235 e. The lowest BCUT2D eigenvalue weighted by Gasteiger charge is -2.21. The Kier molecular flexibility index (Phi) is 6.70. The van der Waals surface area contributed by atoms with Gasteiger partial charge >= 0.3 is 0 Å². The van der Waals surface area contributed by atoms with E-state index in [4.69, 9.17) is 9.47 Å². The zero-order valence-corrected chi connectivity index (χ0v) is 15.6. The molecule has 0 N–H and O–H groups in total. The summed E-state index contributed by atoms with van der Waals surface area (Å²) in [5.74, 6) is 0.529. The van der Waals surface area contributed by atoms with Gasteiger partial charge in [-0.05, 0) is 48.9 Å². The first-order valence-corrected chi connectivity index (χ1v) is 8.70. The van der Waals surface area contributed by atoms with Crippen LogP contribution in [-0.4, -0.2) is 37.3 Å². The molecular formula is C19H22FNO3S. The third-order valence-electron chi connectivity index (χ3n) is 3.73. The number of thioether (sulfide) groups is 1. The molecule has 1 unspecified atom stereocenters. The van der Waals surface area contributed by atoms with Gasteiger partial charge in [-0.3, -0.25) is 4.79 Å². The Labute approximate surface area is 151 Å². The summed E-state index contributed by atoms with van der Waals surface area (Å²) in [6, 6.07) is 12.3. The first-order chi connectivity index (χ1) is 11.9.